The van der Waals surface area contributed by atoms with Gasteiger partial charge in [0.2, 0.25) is 0 Å². The average molecular weight is 395 g/mol. The molecule has 0 bridgehead atoms. The Morgan fingerprint density at radius 1 is 1.00 bits per heavy atom. The Kier molecular flexibility index (Phi) is 9.41. The van der Waals surface area contributed by atoms with Gasteiger partial charge >= 0.3 is 0 Å². The molecule has 146 valence electrons. The largest absolute Gasteiger partial charge is 0.493 e. The molecule has 0 N–H and O–H groups in total. The molecule has 2 rings (SSSR count). The van der Waals surface area contributed by atoms with Crippen molar-refractivity contribution in [3.05, 3.63) is 53.3 Å². The monoisotopic (exact) mass is 394 g/mol. The molecule has 0 aromatic heterocycles. The van der Waals surface area contributed by atoms with Crippen LogP contribution in [-0.2, 0) is 6.42 Å². The van der Waals surface area contributed by atoms with Gasteiger partial charge in [0.25, 0.3) is 0 Å². The lowest BCUT2D eigenvalue weighted by atomic mass is 10.1. The van der Waals surface area contributed by atoms with Crippen molar-refractivity contribution >= 4 is 12.4 Å². The molecule has 0 aliphatic rings. The van der Waals surface area contributed by atoms with Crippen LogP contribution in [0.5, 0.6) is 17.2 Å². The first-order valence-corrected chi connectivity index (χ1v) is 8.29. The number of nitriles is 1. The van der Waals surface area contributed by atoms with Crippen molar-refractivity contribution in [3.8, 4) is 23.3 Å². The van der Waals surface area contributed by atoms with Crippen LogP contribution in [0.2, 0.25) is 0 Å². The molecule has 0 fully saturated rings. The lowest BCUT2D eigenvalue weighted by Crippen LogP contribution is -2.26. The van der Waals surface area contributed by atoms with Crippen LogP contribution in [0.4, 0.5) is 4.39 Å². The number of ether oxygens (including phenoxy) is 3. The molecule has 0 radical (unpaired) electrons. The molecule has 0 saturated carbocycles. The summed E-state index contributed by atoms with van der Waals surface area (Å²) in [5.74, 6) is 1.07. The van der Waals surface area contributed by atoms with Gasteiger partial charge in [-0.3, -0.25) is 0 Å². The fraction of sp³-hybridized carbons (Fsp3) is 0.350. The van der Waals surface area contributed by atoms with E-state index < -0.39 is 5.82 Å². The Bertz CT molecular complexity index is 780. The number of methoxy groups -OCH3 is 2. The molecule has 0 aliphatic carbocycles. The molecule has 27 heavy (non-hydrogen) atoms. The highest BCUT2D eigenvalue weighted by atomic mass is 35.5. The number of likely N-dealkylation sites (N-methyl/N-ethyl adjacent to an activating group) is 1. The predicted octanol–water partition coefficient (Wildman–Crippen LogP) is 3.69. The first-order chi connectivity index (χ1) is 12.6. The van der Waals surface area contributed by atoms with Crippen LogP contribution in [0.1, 0.15) is 11.1 Å². The van der Waals surface area contributed by atoms with Crippen molar-refractivity contribution < 1.29 is 18.6 Å². The van der Waals surface area contributed by atoms with Crippen molar-refractivity contribution in [2.75, 3.05) is 41.0 Å². The quantitative estimate of drug-likeness (QED) is 0.649. The van der Waals surface area contributed by atoms with E-state index in [4.69, 9.17) is 19.5 Å². The lowest BCUT2D eigenvalue weighted by Gasteiger charge is -2.17. The number of hydrogen-bond acceptors (Lipinski definition) is 5. The summed E-state index contributed by atoms with van der Waals surface area (Å²) in [4.78, 5) is 2.11. The number of benzene rings is 2. The van der Waals surface area contributed by atoms with E-state index in [1.54, 1.807) is 20.3 Å². The molecule has 0 spiro atoms. The fourth-order valence-electron chi connectivity index (χ4n) is 2.47. The highest BCUT2D eigenvalue weighted by Crippen LogP contribution is 2.27. The maximum atomic E-state index is 13.8. The third kappa shape index (κ3) is 6.63. The summed E-state index contributed by atoms with van der Waals surface area (Å²) in [7, 11) is 5.22. The van der Waals surface area contributed by atoms with Crippen LogP contribution in [-0.4, -0.2) is 45.9 Å². The van der Waals surface area contributed by atoms with Gasteiger partial charge < -0.3 is 19.1 Å². The van der Waals surface area contributed by atoms with Crippen molar-refractivity contribution in [2.45, 2.75) is 6.42 Å². The number of halogens is 2. The third-order valence-corrected chi connectivity index (χ3v) is 4.02. The Morgan fingerprint density at radius 3 is 2.33 bits per heavy atom. The predicted molar refractivity (Wildman–Crippen MR) is 105 cm³/mol. The first kappa shape index (κ1) is 22.6. The van der Waals surface area contributed by atoms with E-state index >= 15 is 0 Å². The second-order valence-corrected chi connectivity index (χ2v) is 5.85. The van der Waals surface area contributed by atoms with Gasteiger partial charge in [-0.05, 0) is 49.4 Å². The second-order valence-electron chi connectivity index (χ2n) is 5.85. The van der Waals surface area contributed by atoms with Crippen LogP contribution in [0.15, 0.2) is 36.4 Å². The Morgan fingerprint density at radius 2 is 1.70 bits per heavy atom. The fourth-order valence-corrected chi connectivity index (χ4v) is 2.47. The summed E-state index contributed by atoms with van der Waals surface area (Å²) in [6, 6.07) is 12.0. The Balaban J connectivity index is 0.00000364. The maximum absolute atomic E-state index is 13.8. The first-order valence-electron chi connectivity index (χ1n) is 8.29. The summed E-state index contributed by atoms with van der Waals surface area (Å²) < 4.78 is 29.8. The van der Waals surface area contributed by atoms with Gasteiger partial charge in [-0.2, -0.15) is 5.26 Å². The maximum Gasteiger partial charge on any atom is 0.166 e. The van der Waals surface area contributed by atoms with Gasteiger partial charge in [0, 0.05) is 13.1 Å². The minimum atomic E-state index is -0.517. The minimum Gasteiger partial charge on any atom is -0.493 e. The molecule has 2 aromatic carbocycles. The van der Waals surface area contributed by atoms with E-state index in [-0.39, 0.29) is 23.7 Å². The third-order valence-electron chi connectivity index (χ3n) is 4.02. The second kappa shape index (κ2) is 11.3. The number of rotatable bonds is 9. The van der Waals surface area contributed by atoms with Gasteiger partial charge in [0.1, 0.15) is 6.61 Å². The van der Waals surface area contributed by atoms with Crippen molar-refractivity contribution in [1.82, 2.24) is 4.90 Å². The van der Waals surface area contributed by atoms with E-state index in [2.05, 4.69) is 4.90 Å². The Labute approximate surface area is 165 Å². The molecule has 5 nitrogen and oxygen atoms in total. The molecule has 0 atom stereocenters. The molecule has 0 heterocycles. The summed E-state index contributed by atoms with van der Waals surface area (Å²) in [6.45, 7) is 1.85. The highest BCUT2D eigenvalue weighted by molar-refractivity contribution is 5.85. The number of nitrogens with zero attached hydrogens (tertiary/aromatic N) is 2. The lowest BCUT2D eigenvalue weighted by molar-refractivity contribution is 0.232. The molecule has 2 aromatic rings. The van der Waals surface area contributed by atoms with Crippen molar-refractivity contribution in [1.29, 1.82) is 5.26 Å². The Hall–Kier alpha value is -2.49. The number of hydrogen-bond donors (Lipinski definition) is 0. The minimum absolute atomic E-state index is 0. The summed E-state index contributed by atoms with van der Waals surface area (Å²) in [6.07, 6.45) is 0.849. The topological polar surface area (TPSA) is 54.7 Å². The van der Waals surface area contributed by atoms with Crippen molar-refractivity contribution in [2.24, 2.45) is 0 Å². The molecular weight excluding hydrogens is 371 g/mol. The molecular formula is C20H24ClFN2O3. The molecule has 0 saturated heterocycles. The van der Waals surface area contributed by atoms with Gasteiger partial charge in [-0.1, -0.05) is 6.07 Å². The molecule has 0 amide bonds. The van der Waals surface area contributed by atoms with Crippen LogP contribution in [0.3, 0.4) is 0 Å². The summed E-state index contributed by atoms with van der Waals surface area (Å²) in [5.41, 5.74) is 1.43. The summed E-state index contributed by atoms with van der Waals surface area (Å²) in [5, 5.41) is 8.74. The highest BCUT2D eigenvalue weighted by Gasteiger charge is 2.07. The summed E-state index contributed by atoms with van der Waals surface area (Å²) >= 11 is 0. The van der Waals surface area contributed by atoms with E-state index in [9.17, 15) is 4.39 Å². The average Bonchev–Trinajstić information content (AvgIpc) is 2.67. The van der Waals surface area contributed by atoms with Gasteiger partial charge in [-0.25, -0.2) is 4.39 Å². The van der Waals surface area contributed by atoms with E-state index in [0.717, 1.165) is 18.5 Å². The van der Waals surface area contributed by atoms with Crippen LogP contribution in [0, 0.1) is 17.1 Å². The van der Waals surface area contributed by atoms with Crippen LogP contribution >= 0.6 is 12.4 Å². The normalized spacial score (nSPS) is 10.1. The smallest absolute Gasteiger partial charge is 0.166 e. The molecule has 0 aliphatic heterocycles. The zero-order valence-corrected chi connectivity index (χ0v) is 16.5. The zero-order valence-electron chi connectivity index (χ0n) is 15.7. The van der Waals surface area contributed by atoms with Gasteiger partial charge in [0.05, 0.1) is 25.9 Å². The SMILES string of the molecule is COc1ccc(CCN(C)CCOc2ccc(C#N)cc2F)cc1OC.Cl. The van der Waals surface area contributed by atoms with E-state index in [1.807, 2.05) is 31.3 Å². The van der Waals surface area contributed by atoms with E-state index in [1.165, 1.54) is 12.1 Å². The standard InChI is InChI=1S/C20H23FN2O3.ClH/c1-23(9-8-15-4-7-19(24-2)20(13-15)25-3)10-11-26-18-6-5-16(14-22)12-17(18)21;/h4-7,12-13H,8-11H2,1-3H3;1H. The van der Waals surface area contributed by atoms with Crippen LogP contribution in [0.25, 0.3) is 0 Å². The molecule has 0 unspecified atom stereocenters. The van der Waals surface area contributed by atoms with E-state index in [0.29, 0.717) is 24.7 Å². The zero-order chi connectivity index (χ0) is 18.9. The van der Waals surface area contributed by atoms with Crippen LogP contribution < -0.4 is 14.2 Å². The van der Waals surface area contributed by atoms with Gasteiger partial charge in [-0.15, -0.1) is 12.4 Å². The van der Waals surface area contributed by atoms with Gasteiger partial charge in [0.15, 0.2) is 23.1 Å². The van der Waals surface area contributed by atoms with Crippen molar-refractivity contribution in [3.63, 3.8) is 0 Å². The molecule has 7 heteroatoms.